The Morgan fingerprint density at radius 3 is 2.58 bits per heavy atom. The van der Waals surface area contributed by atoms with Gasteiger partial charge in [-0.1, -0.05) is 24.6 Å². The van der Waals surface area contributed by atoms with Crippen molar-refractivity contribution in [1.29, 1.82) is 0 Å². The molecule has 0 aliphatic carbocycles. The number of carbonyl (C=O) groups excluding carboxylic acids is 1. The zero-order valence-corrected chi connectivity index (χ0v) is 19.1. The second-order valence-electron chi connectivity index (χ2n) is 7.71. The van der Waals surface area contributed by atoms with Crippen LogP contribution in [0.2, 0.25) is 0 Å². The molecule has 1 atom stereocenters. The molecule has 1 saturated heterocycles. The van der Waals surface area contributed by atoms with Crippen LogP contribution >= 0.6 is 0 Å². The number of methoxy groups -OCH3 is 1. The van der Waals surface area contributed by atoms with E-state index < -0.39 is 10.0 Å². The summed E-state index contributed by atoms with van der Waals surface area (Å²) in [4.78, 5) is 14.5. The first-order chi connectivity index (χ1) is 14.8. The summed E-state index contributed by atoms with van der Waals surface area (Å²) < 4.78 is 38.7. The lowest BCUT2D eigenvalue weighted by Gasteiger charge is -2.32. The van der Waals surface area contributed by atoms with Gasteiger partial charge >= 0.3 is 0 Å². The Balaban J connectivity index is 1.66. The van der Waals surface area contributed by atoms with Gasteiger partial charge in [0.2, 0.25) is 10.0 Å². The van der Waals surface area contributed by atoms with Crippen LogP contribution in [-0.2, 0) is 10.0 Å². The molecule has 1 amide bonds. The molecule has 31 heavy (non-hydrogen) atoms. The van der Waals surface area contributed by atoms with Crippen LogP contribution in [0.4, 0.5) is 0 Å². The number of hydrogen-bond donors (Lipinski definition) is 0. The molecular weight excluding hydrogens is 416 g/mol. The zero-order chi connectivity index (χ0) is 22.4. The quantitative estimate of drug-likeness (QED) is 0.621. The number of carbonyl (C=O) groups is 1. The Hall–Kier alpha value is -2.58. The SMILES string of the molecule is COc1ccccc1OCCN(C)C(=O)c1cccc(S(=O)(=O)N2CCCCC2C)c1. The summed E-state index contributed by atoms with van der Waals surface area (Å²) in [6.07, 6.45) is 2.75. The van der Waals surface area contributed by atoms with Crippen molar-refractivity contribution in [2.45, 2.75) is 37.1 Å². The van der Waals surface area contributed by atoms with Crippen LogP contribution in [0.5, 0.6) is 11.5 Å². The van der Waals surface area contributed by atoms with Crippen LogP contribution in [-0.4, -0.2) is 63.4 Å². The minimum absolute atomic E-state index is 0.0343. The minimum Gasteiger partial charge on any atom is -0.493 e. The van der Waals surface area contributed by atoms with Gasteiger partial charge in [0.05, 0.1) is 18.6 Å². The molecule has 8 heteroatoms. The first-order valence-corrected chi connectivity index (χ1v) is 11.9. The fourth-order valence-corrected chi connectivity index (χ4v) is 5.45. The summed E-state index contributed by atoms with van der Waals surface area (Å²) >= 11 is 0. The summed E-state index contributed by atoms with van der Waals surface area (Å²) in [6.45, 7) is 3.08. The van der Waals surface area contributed by atoms with Crippen LogP contribution in [0.15, 0.2) is 53.4 Å². The summed E-state index contributed by atoms with van der Waals surface area (Å²) in [7, 11) is -0.388. The van der Waals surface area contributed by atoms with Crippen LogP contribution in [0.3, 0.4) is 0 Å². The second kappa shape index (κ2) is 10.2. The van der Waals surface area contributed by atoms with Crippen molar-refractivity contribution in [2.75, 3.05) is 33.9 Å². The number of amides is 1. The van der Waals surface area contributed by atoms with Gasteiger partial charge in [-0.15, -0.1) is 0 Å². The fraction of sp³-hybridized carbons (Fsp3) is 0.435. The summed E-state index contributed by atoms with van der Waals surface area (Å²) in [6, 6.07) is 13.6. The van der Waals surface area contributed by atoms with E-state index in [1.54, 1.807) is 48.8 Å². The molecule has 0 radical (unpaired) electrons. The Bertz CT molecular complexity index is 1010. The average molecular weight is 447 g/mol. The van der Waals surface area contributed by atoms with E-state index in [2.05, 4.69) is 0 Å². The van der Waals surface area contributed by atoms with Gasteiger partial charge < -0.3 is 14.4 Å². The van der Waals surface area contributed by atoms with Crippen molar-refractivity contribution in [3.63, 3.8) is 0 Å². The Morgan fingerprint density at radius 1 is 1.13 bits per heavy atom. The van der Waals surface area contributed by atoms with E-state index in [1.165, 1.54) is 11.0 Å². The number of ether oxygens (including phenoxy) is 2. The van der Waals surface area contributed by atoms with Crippen molar-refractivity contribution < 1.29 is 22.7 Å². The number of hydrogen-bond acceptors (Lipinski definition) is 5. The topological polar surface area (TPSA) is 76.1 Å². The van der Waals surface area contributed by atoms with E-state index in [9.17, 15) is 13.2 Å². The third-order valence-electron chi connectivity index (χ3n) is 5.53. The Labute approximate surface area is 184 Å². The predicted molar refractivity (Wildman–Crippen MR) is 119 cm³/mol. The molecule has 0 N–H and O–H groups in total. The van der Waals surface area contributed by atoms with E-state index >= 15 is 0 Å². The number of benzene rings is 2. The highest BCUT2D eigenvalue weighted by Gasteiger charge is 2.31. The van der Waals surface area contributed by atoms with Gasteiger partial charge in [-0.05, 0) is 50.1 Å². The van der Waals surface area contributed by atoms with Gasteiger partial charge in [0.25, 0.3) is 5.91 Å². The molecule has 0 bridgehead atoms. The molecule has 168 valence electrons. The van der Waals surface area contributed by atoms with Crippen LogP contribution in [0.25, 0.3) is 0 Å². The first-order valence-electron chi connectivity index (χ1n) is 10.5. The zero-order valence-electron chi connectivity index (χ0n) is 18.3. The lowest BCUT2D eigenvalue weighted by Crippen LogP contribution is -2.42. The molecule has 0 aromatic heterocycles. The third-order valence-corrected chi connectivity index (χ3v) is 7.54. The number of piperidine rings is 1. The van der Waals surface area contributed by atoms with Crippen molar-refractivity contribution >= 4 is 15.9 Å². The van der Waals surface area contributed by atoms with Gasteiger partial charge in [-0.2, -0.15) is 4.31 Å². The van der Waals surface area contributed by atoms with Gasteiger partial charge in [0, 0.05) is 25.2 Å². The number of nitrogens with zero attached hydrogens (tertiary/aromatic N) is 2. The standard InChI is InChI=1S/C23H30N2O5S/c1-18-9-6-7-14-25(18)31(27,28)20-11-8-10-19(17-20)23(26)24(2)15-16-30-22-13-5-4-12-21(22)29-3/h4-5,8,10-13,17-18H,6-7,9,14-16H2,1-3H3. The molecule has 2 aromatic rings. The van der Waals surface area contributed by atoms with Crippen LogP contribution < -0.4 is 9.47 Å². The maximum absolute atomic E-state index is 13.1. The molecule has 7 nitrogen and oxygen atoms in total. The summed E-state index contributed by atoms with van der Waals surface area (Å²) in [5, 5.41) is 0. The lowest BCUT2D eigenvalue weighted by molar-refractivity contribution is 0.0773. The highest BCUT2D eigenvalue weighted by atomic mass is 32.2. The van der Waals surface area contributed by atoms with Crippen LogP contribution in [0, 0.1) is 0 Å². The number of rotatable bonds is 8. The molecule has 1 heterocycles. The maximum atomic E-state index is 13.1. The Morgan fingerprint density at radius 2 is 1.87 bits per heavy atom. The molecule has 0 saturated carbocycles. The molecule has 3 rings (SSSR count). The van der Waals surface area contributed by atoms with Gasteiger partial charge in [-0.25, -0.2) is 8.42 Å². The Kier molecular flexibility index (Phi) is 7.56. The molecule has 1 aliphatic rings. The second-order valence-corrected chi connectivity index (χ2v) is 9.60. The van der Waals surface area contributed by atoms with Crippen molar-refractivity contribution in [2.24, 2.45) is 0 Å². The summed E-state index contributed by atoms with van der Waals surface area (Å²) in [5.74, 6) is 0.975. The smallest absolute Gasteiger partial charge is 0.253 e. The number of para-hydroxylation sites is 2. The average Bonchev–Trinajstić information content (AvgIpc) is 2.79. The molecular formula is C23H30N2O5S. The highest BCUT2D eigenvalue weighted by Crippen LogP contribution is 2.27. The van der Waals surface area contributed by atoms with Gasteiger partial charge in [0.15, 0.2) is 11.5 Å². The van der Waals surface area contributed by atoms with Crippen molar-refractivity contribution in [1.82, 2.24) is 9.21 Å². The molecule has 1 fully saturated rings. The number of sulfonamides is 1. The van der Waals surface area contributed by atoms with E-state index in [0.29, 0.717) is 30.2 Å². The molecule has 2 aromatic carbocycles. The van der Waals surface area contributed by atoms with E-state index in [-0.39, 0.29) is 23.5 Å². The van der Waals surface area contributed by atoms with Gasteiger partial charge in [-0.3, -0.25) is 4.79 Å². The minimum atomic E-state index is -3.63. The molecule has 1 unspecified atom stereocenters. The third kappa shape index (κ3) is 5.37. The number of likely N-dealkylation sites (N-methyl/N-ethyl adjacent to an activating group) is 1. The van der Waals surface area contributed by atoms with Crippen LogP contribution in [0.1, 0.15) is 36.5 Å². The molecule has 0 spiro atoms. The molecule has 1 aliphatic heterocycles. The maximum Gasteiger partial charge on any atom is 0.253 e. The van der Waals surface area contributed by atoms with E-state index in [1.807, 2.05) is 19.1 Å². The van der Waals surface area contributed by atoms with E-state index in [0.717, 1.165) is 19.3 Å². The van der Waals surface area contributed by atoms with Crippen molar-refractivity contribution in [3.8, 4) is 11.5 Å². The highest BCUT2D eigenvalue weighted by molar-refractivity contribution is 7.89. The largest absolute Gasteiger partial charge is 0.493 e. The predicted octanol–water partition coefficient (Wildman–Crippen LogP) is 3.41. The normalized spacial score (nSPS) is 17.2. The van der Waals surface area contributed by atoms with Gasteiger partial charge in [0.1, 0.15) is 6.61 Å². The monoisotopic (exact) mass is 446 g/mol. The van der Waals surface area contributed by atoms with Crippen molar-refractivity contribution in [3.05, 3.63) is 54.1 Å². The van der Waals surface area contributed by atoms with E-state index in [4.69, 9.17) is 9.47 Å². The lowest BCUT2D eigenvalue weighted by atomic mass is 10.1. The summed E-state index contributed by atoms with van der Waals surface area (Å²) in [5.41, 5.74) is 0.338. The first kappa shape index (κ1) is 23.1. The fourth-order valence-electron chi connectivity index (χ4n) is 3.71.